The predicted octanol–water partition coefficient (Wildman–Crippen LogP) is 5.96. The molecule has 0 bridgehead atoms. The fraction of sp³-hybridized carbons (Fsp3) is 0.333. The molecule has 20 heavy (non-hydrogen) atoms. The molecule has 0 radical (unpaired) electrons. The number of aryl methyl sites for hydroxylation is 1. The molecule has 0 fully saturated rings. The Kier molecular flexibility index (Phi) is 5.24. The standard InChI is InChI=1S/C18H22BrN/c1-13(2)11-18(15-7-5-4-6-8-15)20-17-12-16(19)10-9-14(17)3/h4-10,12-13,18,20H,11H2,1-3H3. The van der Waals surface area contributed by atoms with Gasteiger partial charge in [0.05, 0.1) is 6.04 Å². The highest BCUT2D eigenvalue weighted by molar-refractivity contribution is 9.10. The average molecular weight is 332 g/mol. The molecule has 0 aliphatic heterocycles. The molecule has 1 unspecified atom stereocenters. The lowest BCUT2D eigenvalue weighted by Crippen LogP contribution is -2.14. The highest BCUT2D eigenvalue weighted by Crippen LogP contribution is 2.29. The van der Waals surface area contributed by atoms with Crippen LogP contribution in [0.2, 0.25) is 0 Å². The van der Waals surface area contributed by atoms with Gasteiger partial charge in [-0.25, -0.2) is 0 Å². The first-order chi connectivity index (χ1) is 9.56. The van der Waals surface area contributed by atoms with Gasteiger partial charge in [-0.15, -0.1) is 0 Å². The van der Waals surface area contributed by atoms with E-state index in [0.29, 0.717) is 12.0 Å². The number of benzene rings is 2. The molecule has 0 saturated heterocycles. The molecule has 0 saturated carbocycles. The van der Waals surface area contributed by atoms with Crippen molar-refractivity contribution >= 4 is 21.6 Å². The van der Waals surface area contributed by atoms with E-state index >= 15 is 0 Å². The number of hydrogen-bond donors (Lipinski definition) is 1. The van der Waals surface area contributed by atoms with Gasteiger partial charge < -0.3 is 5.32 Å². The van der Waals surface area contributed by atoms with Gasteiger partial charge in [0.1, 0.15) is 0 Å². The predicted molar refractivity (Wildman–Crippen MR) is 91.1 cm³/mol. The molecule has 1 nitrogen and oxygen atoms in total. The molecule has 106 valence electrons. The van der Waals surface area contributed by atoms with E-state index in [1.165, 1.54) is 16.8 Å². The van der Waals surface area contributed by atoms with Crippen molar-refractivity contribution in [1.29, 1.82) is 0 Å². The SMILES string of the molecule is Cc1ccc(Br)cc1NC(CC(C)C)c1ccccc1. The molecule has 0 spiro atoms. The van der Waals surface area contributed by atoms with E-state index in [4.69, 9.17) is 0 Å². The zero-order chi connectivity index (χ0) is 14.5. The fourth-order valence-electron chi connectivity index (χ4n) is 2.37. The van der Waals surface area contributed by atoms with Gasteiger partial charge in [-0.1, -0.05) is 66.2 Å². The Labute approximate surface area is 130 Å². The van der Waals surface area contributed by atoms with Crippen LogP contribution in [0.15, 0.2) is 53.0 Å². The second kappa shape index (κ2) is 6.94. The summed E-state index contributed by atoms with van der Waals surface area (Å²) in [4.78, 5) is 0. The summed E-state index contributed by atoms with van der Waals surface area (Å²) in [6.07, 6.45) is 1.12. The summed E-state index contributed by atoms with van der Waals surface area (Å²) < 4.78 is 1.11. The molecule has 1 atom stereocenters. The Balaban J connectivity index is 2.26. The second-order valence-electron chi connectivity index (χ2n) is 5.70. The monoisotopic (exact) mass is 331 g/mol. The van der Waals surface area contributed by atoms with Crippen LogP contribution in [0.25, 0.3) is 0 Å². The van der Waals surface area contributed by atoms with Crippen LogP contribution in [-0.4, -0.2) is 0 Å². The first-order valence-corrected chi connectivity index (χ1v) is 7.93. The topological polar surface area (TPSA) is 12.0 Å². The zero-order valence-corrected chi connectivity index (χ0v) is 13.9. The number of halogens is 1. The van der Waals surface area contributed by atoms with Crippen molar-refractivity contribution in [1.82, 2.24) is 0 Å². The molecule has 2 rings (SSSR count). The summed E-state index contributed by atoms with van der Waals surface area (Å²) in [5.74, 6) is 0.653. The van der Waals surface area contributed by atoms with Crippen LogP contribution in [0, 0.1) is 12.8 Å². The molecule has 0 aromatic heterocycles. The minimum Gasteiger partial charge on any atom is -0.378 e. The third-order valence-electron chi connectivity index (χ3n) is 3.44. The third kappa shape index (κ3) is 4.11. The Hall–Kier alpha value is -1.28. The Morgan fingerprint density at radius 3 is 2.40 bits per heavy atom. The Bertz CT molecular complexity index is 549. The van der Waals surface area contributed by atoms with Gasteiger partial charge in [-0.2, -0.15) is 0 Å². The molecule has 0 amide bonds. The van der Waals surface area contributed by atoms with Gasteiger partial charge in [0, 0.05) is 10.2 Å². The van der Waals surface area contributed by atoms with Crippen LogP contribution in [-0.2, 0) is 0 Å². The van der Waals surface area contributed by atoms with E-state index in [9.17, 15) is 0 Å². The number of rotatable bonds is 5. The summed E-state index contributed by atoms with van der Waals surface area (Å²) in [7, 11) is 0. The van der Waals surface area contributed by atoms with E-state index in [1.54, 1.807) is 0 Å². The number of nitrogens with one attached hydrogen (secondary N) is 1. The van der Waals surface area contributed by atoms with Crippen LogP contribution in [0.1, 0.15) is 37.4 Å². The lowest BCUT2D eigenvalue weighted by Gasteiger charge is -2.23. The molecule has 2 aromatic carbocycles. The van der Waals surface area contributed by atoms with Gasteiger partial charge >= 0.3 is 0 Å². The summed E-state index contributed by atoms with van der Waals surface area (Å²) in [5, 5.41) is 3.71. The average Bonchev–Trinajstić information content (AvgIpc) is 2.42. The van der Waals surface area contributed by atoms with Crippen molar-refractivity contribution in [2.75, 3.05) is 5.32 Å². The van der Waals surface area contributed by atoms with Crippen LogP contribution in [0.5, 0.6) is 0 Å². The molecule has 0 heterocycles. The largest absolute Gasteiger partial charge is 0.378 e. The van der Waals surface area contributed by atoms with Crippen molar-refractivity contribution in [2.45, 2.75) is 33.2 Å². The minimum absolute atomic E-state index is 0.351. The number of anilines is 1. The van der Waals surface area contributed by atoms with Crippen molar-refractivity contribution in [3.63, 3.8) is 0 Å². The highest BCUT2D eigenvalue weighted by Gasteiger charge is 2.14. The van der Waals surface area contributed by atoms with E-state index in [-0.39, 0.29) is 0 Å². The van der Waals surface area contributed by atoms with Gasteiger partial charge in [-0.05, 0) is 42.5 Å². The molecule has 2 heteroatoms. The van der Waals surface area contributed by atoms with Crippen LogP contribution in [0.4, 0.5) is 5.69 Å². The highest BCUT2D eigenvalue weighted by atomic mass is 79.9. The minimum atomic E-state index is 0.351. The summed E-state index contributed by atoms with van der Waals surface area (Å²) >= 11 is 3.55. The zero-order valence-electron chi connectivity index (χ0n) is 12.4. The molecule has 2 aromatic rings. The van der Waals surface area contributed by atoms with Crippen molar-refractivity contribution in [2.24, 2.45) is 5.92 Å². The number of hydrogen-bond acceptors (Lipinski definition) is 1. The summed E-state index contributed by atoms with van der Waals surface area (Å²) in [5.41, 5.74) is 3.83. The maximum atomic E-state index is 3.71. The van der Waals surface area contributed by atoms with E-state index in [1.807, 2.05) is 0 Å². The molecular weight excluding hydrogens is 310 g/mol. The van der Waals surface area contributed by atoms with Gasteiger partial charge in [0.15, 0.2) is 0 Å². The first-order valence-electron chi connectivity index (χ1n) is 7.14. The third-order valence-corrected chi connectivity index (χ3v) is 3.93. The lowest BCUT2D eigenvalue weighted by molar-refractivity contribution is 0.531. The van der Waals surface area contributed by atoms with E-state index < -0.39 is 0 Å². The normalized spacial score (nSPS) is 12.4. The molecule has 1 N–H and O–H groups in total. The second-order valence-corrected chi connectivity index (χ2v) is 6.61. The van der Waals surface area contributed by atoms with Crippen molar-refractivity contribution in [3.05, 3.63) is 64.1 Å². The maximum Gasteiger partial charge on any atom is 0.0516 e. The Morgan fingerprint density at radius 2 is 1.75 bits per heavy atom. The van der Waals surface area contributed by atoms with Crippen molar-refractivity contribution in [3.8, 4) is 0 Å². The van der Waals surface area contributed by atoms with Gasteiger partial charge in [0.25, 0.3) is 0 Å². The smallest absolute Gasteiger partial charge is 0.0516 e. The van der Waals surface area contributed by atoms with Gasteiger partial charge in [-0.3, -0.25) is 0 Å². The molecule has 0 aliphatic rings. The van der Waals surface area contributed by atoms with Gasteiger partial charge in [0.2, 0.25) is 0 Å². The van der Waals surface area contributed by atoms with Crippen LogP contribution >= 0.6 is 15.9 Å². The quantitative estimate of drug-likeness (QED) is 0.713. The van der Waals surface area contributed by atoms with E-state index in [0.717, 1.165) is 10.9 Å². The fourth-order valence-corrected chi connectivity index (χ4v) is 2.73. The summed E-state index contributed by atoms with van der Waals surface area (Å²) in [6.45, 7) is 6.68. The molecular formula is C18H22BrN. The summed E-state index contributed by atoms with van der Waals surface area (Å²) in [6, 6.07) is 17.4. The van der Waals surface area contributed by atoms with Crippen LogP contribution < -0.4 is 5.32 Å². The maximum absolute atomic E-state index is 3.71. The van der Waals surface area contributed by atoms with E-state index in [2.05, 4.69) is 90.5 Å². The molecule has 0 aliphatic carbocycles. The van der Waals surface area contributed by atoms with Crippen LogP contribution in [0.3, 0.4) is 0 Å². The lowest BCUT2D eigenvalue weighted by atomic mass is 9.96. The van der Waals surface area contributed by atoms with Crippen molar-refractivity contribution < 1.29 is 0 Å². The first kappa shape index (κ1) is 15.1. The Morgan fingerprint density at radius 1 is 1.05 bits per heavy atom.